The molecule has 2 saturated heterocycles. The number of anilines is 1. The third-order valence-electron chi connectivity index (χ3n) is 7.72. The summed E-state index contributed by atoms with van der Waals surface area (Å²) in [6, 6.07) is 22.1. The molecule has 196 valence electrons. The molecular formula is C31H32N2O5. The summed E-state index contributed by atoms with van der Waals surface area (Å²) in [4.78, 5) is 29.9. The van der Waals surface area contributed by atoms with Crippen LogP contribution in [0.3, 0.4) is 0 Å². The van der Waals surface area contributed by atoms with Crippen LogP contribution in [-0.4, -0.2) is 47.6 Å². The fourth-order valence-corrected chi connectivity index (χ4v) is 5.70. The summed E-state index contributed by atoms with van der Waals surface area (Å²) in [5.41, 5.74) is 4.00. The molecule has 2 fully saturated rings. The Balaban J connectivity index is 1.27. The van der Waals surface area contributed by atoms with Gasteiger partial charge in [-0.05, 0) is 61.3 Å². The third-order valence-corrected chi connectivity index (χ3v) is 7.72. The summed E-state index contributed by atoms with van der Waals surface area (Å²) in [6.45, 7) is 3.00. The van der Waals surface area contributed by atoms with Crippen molar-refractivity contribution < 1.29 is 24.2 Å². The van der Waals surface area contributed by atoms with E-state index in [1.165, 1.54) is 24.2 Å². The van der Waals surface area contributed by atoms with E-state index in [4.69, 9.17) is 9.47 Å². The molecule has 3 unspecified atom stereocenters. The Labute approximate surface area is 222 Å². The zero-order valence-electron chi connectivity index (χ0n) is 21.3. The minimum atomic E-state index is -0.642. The van der Waals surface area contributed by atoms with E-state index in [9.17, 15) is 14.7 Å². The quantitative estimate of drug-likeness (QED) is 0.468. The largest absolute Gasteiger partial charge is 0.392 e. The van der Waals surface area contributed by atoms with E-state index < -0.39 is 6.29 Å². The number of nitrogens with zero attached hydrogens (tertiary/aromatic N) is 2. The first-order valence-electron chi connectivity index (χ1n) is 13.4. The van der Waals surface area contributed by atoms with E-state index in [0.29, 0.717) is 16.8 Å². The highest BCUT2D eigenvalue weighted by Gasteiger charge is 2.38. The number of amides is 2. The summed E-state index contributed by atoms with van der Waals surface area (Å²) in [7, 11) is 0. The van der Waals surface area contributed by atoms with E-state index in [1.54, 1.807) is 30.3 Å². The van der Waals surface area contributed by atoms with Gasteiger partial charge in [-0.15, -0.1) is 0 Å². The summed E-state index contributed by atoms with van der Waals surface area (Å²) in [6.07, 6.45) is 3.57. The molecule has 3 heterocycles. The van der Waals surface area contributed by atoms with Crippen LogP contribution in [0.1, 0.15) is 75.5 Å². The van der Waals surface area contributed by atoms with Gasteiger partial charge in [0.25, 0.3) is 11.8 Å². The van der Waals surface area contributed by atoms with Gasteiger partial charge < -0.3 is 19.5 Å². The minimum Gasteiger partial charge on any atom is -0.392 e. The van der Waals surface area contributed by atoms with Crippen molar-refractivity contribution in [3.8, 4) is 0 Å². The summed E-state index contributed by atoms with van der Waals surface area (Å²) < 4.78 is 13.0. The molecule has 2 amide bonds. The maximum absolute atomic E-state index is 13.1. The number of carbonyl (C=O) groups excluding carboxylic acids is 2. The van der Waals surface area contributed by atoms with Crippen molar-refractivity contribution in [2.45, 2.75) is 50.8 Å². The zero-order chi connectivity index (χ0) is 26.1. The molecule has 1 N–H and O–H groups in total. The fraction of sp³-hybridized carbons (Fsp3) is 0.355. The van der Waals surface area contributed by atoms with Gasteiger partial charge in [-0.3, -0.25) is 9.59 Å². The van der Waals surface area contributed by atoms with Gasteiger partial charge in [0.1, 0.15) is 0 Å². The van der Waals surface area contributed by atoms with Gasteiger partial charge in [0.2, 0.25) is 0 Å². The van der Waals surface area contributed by atoms with E-state index in [0.717, 1.165) is 42.7 Å². The smallest absolute Gasteiger partial charge is 0.266 e. The molecule has 3 aromatic carbocycles. The third kappa shape index (κ3) is 4.90. The number of carbonyl (C=O) groups is 2. The predicted molar refractivity (Wildman–Crippen MR) is 143 cm³/mol. The Morgan fingerprint density at radius 2 is 1.50 bits per heavy atom. The number of imide groups is 1. The van der Waals surface area contributed by atoms with Crippen LogP contribution in [0.4, 0.5) is 5.69 Å². The number of likely N-dealkylation sites (tertiary alicyclic amines) is 1. The van der Waals surface area contributed by atoms with Crippen LogP contribution < -0.4 is 4.90 Å². The van der Waals surface area contributed by atoms with E-state index in [2.05, 4.69) is 4.90 Å². The summed E-state index contributed by atoms with van der Waals surface area (Å²) >= 11 is 0. The fourth-order valence-electron chi connectivity index (χ4n) is 5.70. The van der Waals surface area contributed by atoms with Gasteiger partial charge in [0.15, 0.2) is 6.29 Å². The number of benzene rings is 3. The Kier molecular flexibility index (Phi) is 7.08. The lowest BCUT2D eigenvalue weighted by molar-refractivity contribution is -0.253. The monoisotopic (exact) mass is 512 g/mol. The highest BCUT2D eigenvalue weighted by atomic mass is 16.7. The van der Waals surface area contributed by atoms with E-state index in [-0.39, 0.29) is 30.6 Å². The second-order valence-corrected chi connectivity index (χ2v) is 10.3. The highest BCUT2D eigenvalue weighted by Crippen LogP contribution is 2.39. The average Bonchev–Trinajstić information content (AvgIpc) is 3.23. The first kappa shape index (κ1) is 24.9. The molecule has 0 bridgehead atoms. The van der Waals surface area contributed by atoms with E-state index >= 15 is 0 Å². The van der Waals surface area contributed by atoms with Crippen LogP contribution in [0.2, 0.25) is 0 Å². The lowest BCUT2D eigenvalue weighted by Crippen LogP contribution is -2.41. The Morgan fingerprint density at radius 3 is 2.18 bits per heavy atom. The molecule has 6 rings (SSSR count). The topological polar surface area (TPSA) is 79.3 Å². The van der Waals surface area contributed by atoms with Gasteiger partial charge in [-0.2, -0.15) is 0 Å². The number of hydrogen-bond acceptors (Lipinski definition) is 6. The molecule has 0 spiro atoms. The number of aliphatic hydroxyl groups excluding tert-OH is 1. The minimum absolute atomic E-state index is 0.000272. The standard InChI is InChI=1S/C31H32N2O5/c34-20-21-11-13-22(14-12-21)28-18-25(19-32-15-4-1-5-16-32)37-31(38-28)23-7-6-8-24(17-23)33-29(35)26-9-2-3-10-27(26)30(33)36/h2-3,6-14,17,25,28,31,34H,1,4-5,15-16,18-20H2. The average molecular weight is 513 g/mol. The van der Waals surface area contributed by atoms with Crippen molar-refractivity contribution in [3.05, 3.63) is 101 Å². The molecule has 3 aromatic rings. The van der Waals surface area contributed by atoms with Crippen LogP contribution in [0, 0.1) is 0 Å². The van der Waals surface area contributed by atoms with Crippen LogP contribution in [-0.2, 0) is 16.1 Å². The number of aliphatic hydroxyl groups is 1. The van der Waals surface area contributed by atoms with Crippen LogP contribution >= 0.6 is 0 Å². The Bertz CT molecular complexity index is 1280. The molecule has 3 aliphatic rings. The van der Waals surface area contributed by atoms with Crippen molar-refractivity contribution in [1.29, 1.82) is 0 Å². The zero-order valence-corrected chi connectivity index (χ0v) is 21.3. The summed E-state index contributed by atoms with van der Waals surface area (Å²) in [5, 5.41) is 9.46. The number of fused-ring (bicyclic) bond motifs is 1. The van der Waals surface area contributed by atoms with Crippen molar-refractivity contribution in [2.24, 2.45) is 0 Å². The van der Waals surface area contributed by atoms with Gasteiger partial charge in [-0.25, -0.2) is 4.90 Å². The normalized spacial score (nSPS) is 24.0. The molecule has 3 atom stereocenters. The number of ether oxygens (including phenoxy) is 2. The second-order valence-electron chi connectivity index (χ2n) is 10.3. The SMILES string of the molecule is O=C1c2ccccc2C(=O)N1c1cccc(C2OC(CN3CCCCC3)CC(c3ccc(CO)cc3)O2)c1. The maximum Gasteiger partial charge on any atom is 0.266 e. The molecule has 7 heteroatoms. The molecule has 38 heavy (non-hydrogen) atoms. The lowest BCUT2D eigenvalue weighted by Gasteiger charge is -2.39. The van der Waals surface area contributed by atoms with Crippen LogP contribution in [0.25, 0.3) is 0 Å². The molecule has 0 radical (unpaired) electrons. The molecular weight excluding hydrogens is 480 g/mol. The van der Waals surface area contributed by atoms with Crippen LogP contribution in [0.15, 0.2) is 72.8 Å². The number of piperidine rings is 1. The van der Waals surface area contributed by atoms with E-state index in [1.807, 2.05) is 42.5 Å². The van der Waals surface area contributed by atoms with Crippen molar-refractivity contribution in [3.63, 3.8) is 0 Å². The first-order valence-corrected chi connectivity index (χ1v) is 13.4. The van der Waals surface area contributed by atoms with Gasteiger partial charge in [-0.1, -0.05) is 55.0 Å². The Hall–Kier alpha value is -3.36. The van der Waals surface area contributed by atoms with Crippen molar-refractivity contribution >= 4 is 17.5 Å². The molecule has 0 aliphatic carbocycles. The van der Waals surface area contributed by atoms with Crippen LogP contribution in [0.5, 0.6) is 0 Å². The molecule has 0 saturated carbocycles. The first-order chi connectivity index (χ1) is 18.6. The lowest BCUT2D eigenvalue weighted by atomic mass is 9.99. The predicted octanol–water partition coefficient (Wildman–Crippen LogP) is 5.01. The Morgan fingerprint density at radius 1 is 0.789 bits per heavy atom. The highest BCUT2D eigenvalue weighted by molar-refractivity contribution is 6.34. The number of rotatable bonds is 6. The summed E-state index contributed by atoms with van der Waals surface area (Å²) in [5.74, 6) is -0.642. The number of hydrogen-bond donors (Lipinski definition) is 1. The molecule has 3 aliphatic heterocycles. The molecule has 7 nitrogen and oxygen atoms in total. The van der Waals surface area contributed by atoms with Gasteiger partial charge in [0, 0.05) is 18.5 Å². The van der Waals surface area contributed by atoms with Crippen molar-refractivity contribution in [2.75, 3.05) is 24.5 Å². The second kappa shape index (κ2) is 10.8. The van der Waals surface area contributed by atoms with Gasteiger partial charge >= 0.3 is 0 Å². The molecule has 0 aromatic heterocycles. The maximum atomic E-state index is 13.1. The van der Waals surface area contributed by atoms with Gasteiger partial charge in [0.05, 0.1) is 35.6 Å². The van der Waals surface area contributed by atoms with Crippen molar-refractivity contribution in [1.82, 2.24) is 4.90 Å².